The maximum absolute atomic E-state index is 10.5. The van der Waals surface area contributed by atoms with Gasteiger partial charge in [0.2, 0.25) is 0 Å². The fourth-order valence-electron chi connectivity index (χ4n) is 1.04. The predicted octanol–water partition coefficient (Wildman–Crippen LogP) is 1.27. The number of nitro groups is 1. The van der Waals surface area contributed by atoms with E-state index in [1.54, 1.807) is 6.07 Å². The normalized spacial score (nSPS) is 9.54. The van der Waals surface area contributed by atoms with Gasteiger partial charge in [0.1, 0.15) is 0 Å². The largest absolute Gasteiger partial charge is 0.331 e. The third kappa shape index (κ3) is 1.76. The number of hydrogen-bond acceptors (Lipinski definition) is 3. The van der Waals surface area contributed by atoms with Crippen LogP contribution in [0.2, 0.25) is 0 Å². The van der Waals surface area contributed by atoms with E-state index in [4.69, 9.17) is 0 Å². The zero-order valence-electron chi connectivity index (χ0n) is 6.52. The number of nitrogens with one attached hydrogen (secondary N) is 1. The summed E-state index contributed by atoms with van der Waals surface area (Å²) in [4.78, 5) is 10.0. The Kier molecular flexibility index (Phi) is 3.11. The van der Waals surface area contributed by atoms with E-state index in [0.29, 0.717) is 10.9 Å². The molecular formula is C7H4N3O2Y-. The van der Waals surface area contributed by atoms with Gasteiger partial charge >= 0.3 is 0 Å². The van der Waals surface area contributed by atoms with E-state index in [1.807, 2.05) is 0 Å². The minimum Gasteiger partial charge on any atom is -0.331 e. The summed E-state index contributed by atoms with van der Waals surface area (Å²) in [6, 6.07) is 5.61. The zero-order valence-corrected chi connectivity index (χ0v) is 9.36. The number of rotatable bonds is 1. The van der Waals surface area contributed by atoms with Gasteiger partial charge in [0.25, 0.3) is 0 Å². The minimum absolute atomic E-state index is 0. The van der Waals surface area contributed by atoms with Crippen molar-refractivity contribution >= 4 is 16.6 Å². The first-order valence-corrected chi connectivity index (χ1v) is 3.26. The molecular weight excluding hydrogens is 247 g/mol. The fraction of sp³-hybridized carbons (Fsp3) is 0. The molecule has 0 aliphatic heterocycles. The Bertz CT molecular complexity index is 440. The van der Waals surface area contributed by atoms with E-state index in [2.05, 4.69) is 16.3 Å². The number of H-pyrrole nitrogens is 1. The molecule has 1 radical (unpaired) electrons. The molecule has 2 aromatic rings. The second-order valence-corrected chi connectivity index (χ2v) is 2.30. The zero-order chi connectivity index (χ0) is 8.55. The molecule has 0 amide bonds. The van der Waals surface area contributed by atoms with Gasteiger partial charge < -0.3 is 5.10 Å². The average Bonchev–Trinajstić information content (AvgIpc) is 2.49. The van der Waals surface area contributed by atoms with E-state index in [0.717, 1.165) is 0 Å². The van der Waals surface area contributed by atoms with Gasteiger partial charge in [-0.25, -0.2) is 0 Å². The molecule has 0 spiro atoms. The molecule has 0 bridgehead atoms. The Hall–Kier alpha value is -0.806. The molecule has 6 heteroatoms. The number of benzene rings is 1. The van der Waals surface area contributed by atoms with Crippen LogP contribution in [-0.4, -0.2) is 15.1 Å². The summed E-state index contributed by atoms with van der Waals surface area (Å²) in [5.41, 5.74) is 0.658. The van der Waals surface area contributed by atoms with Crippen LogP contribution in [0.3, 0.4) is 0 Å². The van der Waals surface area contributed by atoms with Gasteiger partial charge in [0.05, 0.1) is 0 Å². The van der Waals surface area contributed by atoms with E-state index in [-0.39, 0.29) is 38.4 Å². The molecule has 63 valence electrons. The van der Waals surface area contributed by atoms with Crippen LogP contribution in [0.25, 0.3) is 10.9 Å². The summed E-state index contributed by atoms with van der Waals surface area (Å²) < 4.78 is 0. The number of hydrogen-bond donors (Lipinski definition) is 1. The topological polar surface area (TPSA) is 71.8 Å². The Morgan fingerprint density at radius 2 is 2.31 bits per heavy atom. The van der Waals surface area contributed by atoms with Gasteiger partial charge in [-0.05, 0) is 10.9 Å². The number of nitrogens with zero attached hydrogens (tertiary/aromatic N) is 2. The first kappa shape index (κ1) is 10.3. The SMILES string of the molecule is O=[N+]([O-])c1c[c-]cc2[nH]ncc12.[Y]. The second-order valence-electron chi connectivity index (χ2n) is 2.30. The van der Waals surface area contributed by atoms with Crippen molar-refractivity contribution in [2.45, 2.75) is 0 Å². The number of aromatic amines is 1. The molecule has 2 rings (SSSR count). The fourth-order valence-corrected chi connectivity index (χ4v) is 1.04. The van der Waals surface area contributed by atoms with Gasteiger partial charge in [-0.1, -0.05) is 6.07 Å². The van der Waals surface area contributed by atoms with Crippen LogP contribution in [-0.2, 0) is 32.7 Å². The summed E-state index contributed by atoms with van der Waals surface area (Å²) in [5.74, 6) is 0. The van der Waals surface area contributed by atoms with Gasteiger partial charge in [-0.3, -0.25) is 10.1 Å². The van der Waals surface area contributed by atoms with Crippen LogP contribution in [0.15, 0.2) is 18.3 Å². The molecule has 0 aliphatic carbocycles. The van der Waals surface area contributed by atoms with Crippen molar-refractivity contribution in [3.8, 4) is 0 Å². The van der Waals surface area contributed by atoms with Gasteiger partial charge in [0.15, 0.2) is 5.69 Å². The predicted molar refractivity (Wildman–Crippen MR) is 41.6 cm³/mol. The van der Waals surface area contributed by atoms with Crippen molar-refractivity contribution in [1.82, 2.24) is 10.2 Å². The maximum atomic E-state index is 10.5. The molecule has 0 saturated carbocycles. The first-order valence-electron chi connectivity index (χ1n) is 3.26. The molecule has 0 fully saturated rings. The Morgan fingerprint density at radius 3 is 3.00 bits per heavy atom. The molecule has 0 saturated heterocycles. The second kappa shape index (κ2) is 3.93. The quantitative estimate of drug-likeness (QED) is 0.471. The van der Waals surface area contributed by atoms with E-state index in [1.165, 1.54) is 12.3 Å². The number of nitro benzene ring substituents is 1. The molecule has 0 atom stereocenters. The minimum atomic E-state index is -0.450. The summed E-state index contributed by atoms with van der Waals surface area (Å²) >= 11 is 0. The summed E-state index contributed by atoms with van der Waals surface area (Å²) in [6.45, 7) is 0. The van der Waals surface area contributed by atoms with Crippen LogP contribution in [0, 0.1) is 16.2 Å². The third-order valence-corrected chi connectivity index (χ3v) is 1.59. The van der Waals surface area contributed by atoms with Crippen molar-refractivity contribution in [3.05, 3.63) is 34.5 Å². The molecule has 0 aliphatic rings. The van der Waals surface area contributed by atoms with Crippen LogP contribution in [0.1, 0.15) is 0 Å². The smallest absolute Gasteiger partial charge is 0.173 e. The van der Waals surface area contributed by atoms with Crippen LogP contribution in [0.5, 0.6) is 0 Å². The summed E-state index contributed by atoms with van der Waals surface area (Å²) in [7, 11) is 0. The molecule has 13 heavy (non-hydrogen) atoms. The van der Waals surface area contributed by atoms with Crippen molar-refractivity contribution in [3.63, 3.8) is 0 Å². The Balaban J connectivity index is 0.000000845. The van der Waals surface area contributed by atoms with E-state index in [9.17, 15) is 10.1 Å². The average molecular weight is 251 g/mol. The van der Waals surface area contributed by atoms with Gasteiger partial charge in [-0.15, -0.1) is 0 Å². The van der Waals surface area contributed by atoms with Crippen LogP contribution in [0.4, 0.5) is 5.69 Å². The molecule has 1 N–H and O–H groups in total. The monoisotopic (exact) mass is 251 g/mol. The third-order valence-electron chi connectivity index (χ3n) is 1.59. The standard InChI is InChI=1S/C7H4N3O2.Y/c11-10(12)7-3-1-2-6-5(7)4-8-9-6;/h2-4H,(H,8,9);/q-1;. The van der Waals surface area contributed by atoms with E-state index < -0.39 is 4.92 Å². The first-order chi connectivity index (χ1) is 5.79. The van der Waals surface area contributed by atoms with Crippen molar-refractivity contribution in [1.29, 1.82) is 0 Å². The summed E-state index contributed by atoms with van der Waals surface area (Å²) in [5, 5.41) is 17.3. The molecule has 0 unspecified atom stereocenters. The van der Waals surface area contributed by atoms with Crippen LogP contribution < -0.4 is 0 Å². The molecule has 1 aromatic carbocycles. The molecule has 1 heterocycles. The molecule has 5 nitrogen and oxygen atoms in total. The van der Waals surface area contributed by atoms with Gasteiger partial charge in [-0.2, -0.15) is 17.2 Å². The maximum Gasteiger partial charge on any atom is 0.173 e. The Labute approximate surface area is 98.5 Å². The summed E-state index contributed by atoms with van der Waals surface area (Å²) in [6.07, 6.45) is 1.43. The molecule has 1 aromatic heterocycles. The Morgan fingerprint density at radius 1 is 1.54 bits per heavy atom. The number of non-ortho nitro benzene ring substituents is 1. The van der Waals surface area contributed by atoms with Crippen molar-refractivity contribution in [2.75, 3.05) is 0 Å². The van der Waals surface area contributed by atoms with E-state index >= 15 is 0 Å². The van der Waals surface area contributed by atoms with Crippen LogP contribution >= 0.6 is 0 Å². The van der Waals surface area contributed by atoms with Gasteiger partial charge in [0, 0.05) is 43.8 Å². The number of fused-ring (bicyclic) bond motifs is 1. The van der Waals surface area contributed by atoms with Crippen molar-refractivity contribution < 1.29 is 37.6 Å². The van der Waals surface area contributed by atoms with Crippen molar-refractivity contribution in [2.24, 2.45) is 0 Å². The number of aromatic nitrogens is 2.